The first kappa shape index (κ1) is 10.2. The molecule has 0 bridgehead atoms. The molecule has 6 heteroatoms. The Morgan fingerprint density at radius 3 is 2.15 bits per heavy atom. The Morgan fingerprint density at radius 2 is 1.77 bits per heavy atom. The summed E-state index contributed by atoms with van der Waals surface area (Å²) in [7, 11) is -2.36. The molecule has 1 saturated carbocycles. The molecular formula is C7H11NO4S. The summed E-state index contributed by atoms with van der Waals surface area (Å²) in [5.41, 5.74) is 0. The van der Waals surface area contributed by atoms with E-state index in [1.807, 2.05) is 0 Å². The van der Waals surface area contributed by atoms with Crippen LogP contribution in [0.15, 0.2) is 4.36 Å². The topological polar surface area (TPSA) is 83.8 Å². The third-order valence-electron chi connectivity index (χ3n) is 2.28. The second-order valence-corrected chi connectivity index (χ2v) is 3.81. The molecule has 0 radical (unpaired) electrons. The lowest BCUT2D eigenvalue weighted by atomic mass is 9.87. The van der Waals surface area contributed by atoms with Crippen molar-refractivity contribution >= 4 is 16.5 Å². The SMILES string of the molecule is O=C(O)[C@H]1CC[C@H](N=S(=O)=O)CC1. The minimum Gasteiger partial charge on any atom is -0.481 e. The molecule has 0 spiro atoms. The van der Waals surface area contributed by atoms with Crippen molar-refractivity contribution in [3.63, 3.8) is 0 Å². The summed E-state index contributed by atoms with van der Waals surface area (Å²) in [4.78, 5) is 10.5. The molecule has 0 unspecified atom stereocenters. The van der Waals surface area contributed by atoms with E-state index in [2.05, 4.69) is 4.36 Å². The van der Waals surface area contributed by atoms with Crippen molar-refractivity contribution in [1.82, 2.24) is 0 Å². The highest BCUT2D eigenvalue weighted by Gasteiger charge is 2.25. The van der Waals surface area contributed by atoms with Gasteiger partial charge in [-0.2, -0.15) is 12.8 Å². The van der Waals surface area contributed by atoms with Crippen molar-refractivity contribution in [3.8, 4) is 0 Å². The molecule has 1 fully saturated rings. The van der Waals surface area contributed by atoms with E-state index in [9.17, 15) is 13.2 Å². The van der Waals surface area contributed by atoms with Crippen molar-refractivity contribution in [2.45, 2.75) is 31.7 Å². The van der Waals surface area contributed by atoms with Crippen LogP contribution < -0.4 is 0 Å². The number of hydrogen-bond donors (Lipinski definition) is 1. The molecule has 74 valence electrons. The third-order valence-corrected chi connectivity index (χ3v) is 2.75. The van der Waals surface area contributed by atoms with Crippen LogP contribution in [-0.4, -0.2) is 25.5 Å². The van der Waals surface area contributed by atoms with Crippen molar-refractivity contribution < 1.29 is 18.3 Å². The predicted octanol–water partition coefficient (Wildman–Crippen LogP) is 0.693. The Hall–Kier alpha value is -0.910. The summed E-state index contributed by atoms with van der Waals surface area (Å²) >= 11 is 0. The van der Waals surface area contributed by atoms with Gasteiger partial charge in [0, 0.05) is 0 Å². The lowest BCUT2D eigenvalue weighted by molar-refractivity contribution is -0.142. The van der Waals surface area contributed by atoms with Gasteiger partial charge in [0.1, 0.15) is 0 Å². The fourth-order valence-corrected chi connectivity index (χ4v) is 2.00. The van der Waals surface area contributed by atoms with E-state index in [0.717, 1.165) is 0 Å². The fourth-order valence-electron chi connectivity index (χ4n) is 1.55. The number of rotatable bonds is 2. The summed E-state index contributed by atoms with van der Waals surface area (Å²) < 4.78 is 23.9. The molecule has 0 saturated heterocycles. The van der Waals surface area contributed by atoms with Gasteiger partial charge in [0.25, 0.3) is 0 Å². The molecular weight excluding hydrogens is 194 g/mol. The minimum absolute atomic E-state index is 0.200. The minimum atomic E-state index is -2.36. The fraction of sp³-hybridized carbons (Fsp3) is 0.857. The Kier molecular flexibility index (Phi) is 3.41. The summed E-state index contributed by atoms with van der Waals surface area (Å²) in [6.07, 6.45) is 2.18. The second-order valence-electron chi connectivity index (χ2n) is 3.17. The van der Waals surface area contributed by atoms with Crippen molar-refractivity contribution in [1.29, 1.82) is 0 Å². The van der Waals surface area contributed by atoms with Gasteiger partial charge in [0.2, 0.25) is 0 Å². The molecule has 5 nitrogen and oxygen atoms in total. The van der Waals surface area contributed by atoms with Gasteiger partial charge in [-0.15, -0.1) is 0 Å². The molecule has 0 atom stereocenters. The van der Waals surface area contributed by atoms with Crippen LogP contribution >= 0.6 is 0 Å². The van der Waals surface area contributed by atoms with Crippen molar-refractivity contribution in [3.05, 3.63) is 0 Å². The van der Waals surface area contributed by atoms with E-state index < -0.39 is 16.5 Å². The molecule has 0 aromatic heterocycles. The Labute approximate surface area is 77.5 Å². The van der Waals surface area contributed by atoms with Crippen LogP contribution in [0.1, 0.15) is 25.7 Å². The van der Waals surface area contributed by atoms with Crippen LogP contribution in [0.5, 0.6) is 0 Å². The first-order valence-electron chi connectivity index (χ1n) is 4.12. The molecule has 1 aliphatic carbocycles. The van der Waals surface area contributed by atoms with Crippen molar-refractivity contribution in [2.24, 2.45) is 10.3 Å². The third kappa shape index (κ3) is 3.14. The zero-order chi connectivity index (χ0) is 9.84. The predicted molar refractivity (Wildman–Crippen MR) is 44.7 cm³/mol. The van der Waals surface area contributed by atoms with Crippen molar-refractivity contribution in [2.75, 3.05) is 0 Å². The zero-order valence-electron chi connectivity index (χ0n) is 7.01. The summed E-state index contributed by atoms with van der Waals surface area (Å²) in [5.74, 6) is -1.10. The monoisotopic (exact) mass is 205 g/mol. The van der Waals surface area contributed by atoms with Gasteiger partial charge in [-0.1, -0.05) is 0 Å². The van der Waals surface area contributed by atoms with Gasteiger partial charge in [-0.05, 0) is 25.7 Å². The van der Waals surface area contributed by atoms with E-state index in [-0.39, 0.29) is 12.0 Å². The number of carboxylic acids is 1. The second kappa shape index (κ2) is 4.36. The number of carboxylic acid groups (broad SMARTS) is 1. The maximum atomic E-state index is 10.5. The van der Waals surface area contributed by atoms with E-state index in [4.69, 9.17) is 5.11 Å². The van der Waals surface area contributed by atoms with Crippen LogP contribution in [0.3, 0.4) is 0 Å². The smallest absolute Gasteiger partial charge is 0.311 e. The molecule has 1 rings (SSSR count). The molecule has 0 heterocycles. The standard InChI is InChI=1S/C7H11NO4S/c9-7(10)5-1-3-6(4-2-5)8-13(11)12/h5-6H,1-4H2,(H,9,10)/t5-,6-. The molecule has 0 aromatic carbocycles. The van der Waals surface area contributed by atoms with Gasteiger partial charge in [-0.25, -0.2) is 0 Å². The Balaban J connectivity index is 2.48. The summed E-state index contributed by atoms with van der Waals surface area (Å²) in [5, 5.41) is 8.65. The maximum Gasteiger partial charge on any atom is 0.311 e. The number of nitrogens with zero attached hydrogens (tertiary/aromatic N) is 1. The average molecular weight is 205 g/mol. The molecule has 0 aliphatic heterocycles. The lowest BCUT2D eigenvalue weighted by Crippen LogP contribution is -2.22. The van der Waals surface area contributed by atoms with Gasteiger partial charge >= 0.3 is 16.5 Å². The largest absolute Gasteiger partial charge is 0.481 e. The summed E-state index contributed by atoms with van der Waals surface area (Å²) in [6, 6.07) is -0.200. The highest BCUT2D eigenvalue weighted by Crippen LogP contribution is 2.26. The van der Waals surface area contributed by atoms with E-state index in [1.54, 1.807) is 0 Å². The Bertz CT molecular complexity index is 305. The zero-order valence-corrected chi connectivity index (χ0v) is 7.83. The number of aliphatic carboxylic acids is 1. The molecule has 1 N–H and O–H groups in total. The van der Waals surface area contributed by atoms with Gasteiger partial charge in [0.15, 0.2) is 0 Å². The molecule has 13 heavy (non-hydrogen) atoms. The maximum absolute atomic E-state index is 10.5. The molecule has 0 aromatic rings. The van der Waals surface area contributed by atoms with Gasteiger partial charge in [-0.3, -0.25) is 4.79 Å². The summed E-state index contributed by atoms with van der Waals surface area (Å²) in [6.45, 7) is 0. The van der Waals surface area contributed by atoms with E-state index in [0.29, 0.717) is 25.7 Å². The highest BCUT2D eigenvalue weighted by atomic mass is 32.2. The quantitative estimate of drug-likeness (QED) is 0.718. The van der Waals surface area contributed by atoms with E-state index in [1.165, 1.54) is 0 Å². The van der Waals surface area contributed by atoms with Crippen LogP contribution in [0.4, 0.5) is 0 Å². The number of carbonyl (C=O) groups is 1. The number of hydrogen-bond acceptors (Lipinski definition) is 4. The van der Waals surface area contributed by atoms with E-state index >= 15 is 0 Å². The lowest BCUT2D eigenvalue weighted by Gasteiger charge is -2.21. The van der Waals surface area contributed by atoms with Crippen LogP contribution in [-0.2, 0) is 15.3 Å². The normalized spacial score (nSPS) is 28.0. The average Bonchev–Trinajstić information content (AvgIpc) is 2.04. The van der Waals surface area contributed by atoms with Crippen LogP contribution in [0.25, 0.3) is 0 Å². The highest BCUT2D eigenvalue weighted by molar-refractivity contribution is 7.61. The van der Waals surface area contributed by atoms with Crippen LogP contribution in [0.2, 0.25) is 0 Å². The van der Waals surface area contributed by atoms with Gasteiger partial charge in [0.05, 0.1) is 12.0 Å². The van der Waals surface area contributed by atoms with Gasteiger partial charge < -0.3 is 5.11 Å². The Morgan fingerprint density at radius 1 is 1.23 bits per heavy atom. The molecule has 1 aliphatic rings. The molecule has 0 amide bonds. The first-order valence-corrected chi connectivity index (χ1v) is 5.16. The first-order chi connectivity index (χ1) is 6.09. The van der Waals surface area contributed by atoms with Crippen LogP contribution in [0, 0.1) is 5.92 Å².